The fourth-order valence-electron chi connectivity index (χ4n) is 3.80. The van der Waals surface area contributed by atoms with Crippen LogP contribution in [-0.2, 0) is 22.4 Å². The average Bonchev–Trinajstić information content (AvgIpc) is 2.93. The number of hydrogen-bond donors (Lipinski definition) is 0. The summed E-state index contributed by atoms with van der Waals surface area (Å²) in [4.78, 5) is 23.0. The fourth-order valence-corrected chi connectivity index (χ4v) is 3.80. The standard InChI is InChI=1S/C33H28O4/c1-4-32(34)36-30-19-15-28(16-20-30)26-11-7-24(8-12-26)5-6-25-9-13-27(14-10-25)29-17-21-31(22-18-29)37-33(35)23(2)3/h4,7-22H,1-2,5-6H2,3H3. The molecule has 0 amide bonds. The van der Waals surface area contributed by atoms with Crippen molar-refractivity contribution < 1.29 is 19.1 Å². The number of benzene rings is 4. The highest BCUT2D eigenvalue weighted by molar-refractivity contribution is 5.88. The zero-order valence-corrected chi connectivity index (χ0v) is 20.8. The average molecular weight is 489 g/mol. The summed E-state index contributed by atoms with van der Waals surface area (Å²) in [5.74, 6) is 0.112. The van der Waals surface area contributed by atoms with E-state index in [9.17, 15) is 9.59 Å². The summed E-state index contributed by atoms with van der Waals surface area (Å²) in [5.41, 5.74) is 7.24. The minimum absolute atomic E-state index is 0.371. The summed E-state index contributed by atoms with van der Waals surface area (Å²) < 4.78 is 10.4. The number of hydrogen-bond acceptors (Lipinski definition) is 4. The van der Waals surface area contributed by atoms with Gasteiger partial charge in [-0.05, 0) is 77.4 Å². The first-order valence-corrected chi connectivity index (χ1v) is 12.0. The first-order valence-electron chi connectivity index (χ1n) is 12.0. The quantitative estimate of drug-likeness (QED) is 0.140. The fraction of sp³-hybridized carbons (Fsp3) is 0.0909. The molecular weight excluding hydrogens is 460 g/mol. The van der Waals surface area contributed by atoms with E-state index in [0.717, 1.165) is 41.2 Å². The second-order valence-electron chi connectivity index (χ2n) is 8.74. The molecule has 0 aromatic heterocycles. The maximum Gasteiger partial charge on any atom is 0.338 e. The molecule has 0 spiro atoms. The summed E-state index contributed by atoms with van der Waals surface area (Å²) in [5, 5.41) is 0. The Morgan fingerprint density at radius 3 is 1.32 bits per heavy atom. The van der Waals surface area contributed by atoms with Crippen LogP contribution in [0.25, 0.3) is 22.3 Å². The molecule has 0 aliphatic carbocycles. The molecule has 0 saturated heterocycles. The van der Waals surface area contributed by atoms with Crippen LogP contribution in [0, 0.1) is 0 Å². The number of ether oxygens (including phenoxy) is 2. The van der Waals surface area contributed by atoms with Crippen LogP contribution in [0.2, 0.25) is 0 Å². The lowest BCUT2D eigenvalue weighted by Crippen LogP contribution is -2.07. The van der Waals surface area contributed by atoms with Crippen molar-refractivity contribution in [3.8, 4) is 33.8 Å². The Morgan fingerprint density at radius 2 is 0.973 bits per heavy atom. The van der Waals surface area contributed by atoms with Crippen molar-refractivity contribution in [1.82, 2.24) is 0 Å². The Labute approximate surface area is 217 Å². The van der Waals surface area contributed by atoms with Gasteiger partial charge in [-0.1, -0.05) is 86.0 Å². The van der Waals surface area contributed by atoms with Gasteiger partial charge in [-0.25, -0.2) is 9.59 Å². The van der Waals surface area contributed by atoms with Crippen LogP contribution in [0.3, 0.4) is 0 Å². The number of carbonyl (C=O) groups excluding carboxylic acids is 2. The van der Waals surface area contributed by atoms with E-state index in [0.29, 0.717) is 17.1 Å². The van der Waals surface area contributed by atoms with Gasteiger partial charge in [0.1, 0.15) is 11.5 Å². The third-order valence-electron chi connectivity index (χ3n) is 5.93. The summed E-state index contributed by atoms with van der Waals surface area (Å²) in [7, 11) is 0. The Hall–Kier alpha value is -4.70. The van der Waals surface area contributed by atoms with Gasteiger partial charge in [0.15, 0.2) is 0 Å². The predicted molar refractivity (Wildman–Crippen MR) is 147 cm³/mol. The maximum atomic E-state index is 11.7. The van der Waals surface area contributed by atoms with Gasteiger partial charge < -0.3 is 9.47 Å². The van der Waals surface area contributed by atoms with Crippen LogP contribution in [0.15, 0.2) is 122 Å². The maximum absolute atomic E-state index is 11.7. The van der Waals surface area contributed by atoms with E-state index in [2.05, 4.69) is 61.7 Å². The molecule has 0 fully saturated rings. The van der Waals surface area contributed by atoms with Gasteiger partial charge in [-0.2, -0.15) is 0 Å². The third-order valence-corrected chi connectivity index (χ3v) is 5.93. The second kappa shape index (κ2) is 11.8. The molecule has 0 atom stereocenters. The van der Waals surface area contributed by atoms with Gasteiger partial charge in [-0.15, -0.1) is 0 Å². The van der Waals surface area contributed by atoms with E-state index in [1.807, 2.05) is 24.3 Å². The Morgan fingerprint density at radius 1 is 0.622 bits per heavy atom. The van der Waals surface area contributed by atoms with Gasteiger partial charge in [0, 0.05) is 11.6 Å². The van der Waals surface area contributed by atoms with Crippen molar-refractivity contribution in [2.45, 2.75) is 19.8 Å². The lowest BCUT2D eigenvalue weighted by atomic mass is 9.98. The molecule has 0 N–H and O–H groups in total. The molecule has 0 unspecified atom stereocenters. The first-order chi connectivity index (χ1) is 17.9. The highest BCUT2D eigenvalue weighted by atomic mass is 16.5. The molecule has 184 valence electrons. The topological polar surface area (TPSA) is 52.6 Å². The smallest absolute Gasteiger partial charge is 0.338 e. The van der Waals surface area contributed by atoms with Crippen LogP contribution in [0.1, 0.15) is 18.1 Å². The Kier molecular flexibility index (Phi) is 8.11. The number of rotatable bonds is 9. The van der Waals surface area contributed by atoms with E-state index >= 15 is 0 Å². The van der Waals surface area contributed by atoms with E-state index in [-0.39, 0.29) is 0 Å². The van der Waals surface area contributed by atoms with Crippen molar-refractivity contribution in [2.24, 2.45) is 0 Å². The molecule has 0 bridgehead atoms. The highest BCUT2D eigenvalue weighted by Crippen LogP contribution is 2.25. The van der Waals surface area contributed by atoms with Crippen molar-refractivity contribution >= 4 is 11.9 Å². The van der Waals surface area contributed by atoms with Gasteiger partial charge in [0.05, 0.1) is 0 Å². The summed E-state index contributed by atoms with van der Waals surface area (Å²) in [6.07, 6.45) is 3.03. The largest absolute Gasteiger partial charge is 0.423 e. The molecule has 37 heavy (non-hydrogen) atoms. The van der Waals surface area contributed by atoms with Crippen molar-refractivity contribution in [2.75, 3.05) is 0 Å². The van der Waals surface area contributed by atoms with Gasteiger partial charge in [0.25, 0.3) is 0 Å². The Bertz CT molecular complexity index is 1400. The van der Waals surface area contributed by atoms with Crippen LogP contribution in [-0.4, -0.2) is 11.9 Å². The SMILES string of the molecule is C=CC(=O)Oc1ccc(-c2ccc(CCc3ccc(-c4ccc(OC(=O)C(=C)C)cc4)cc3)cc2)cc1. The molecule has 4 heteroatoms. The summed E-state index contributed by atoms with van der Waals surface area (Å²) in [6, 6.07) is 32.0. The lowest BCUT2D eigenvalue weighted by molar-refractivity contribution is -0.130. The minimum Gasteiger partial charge on any atom is -0.423 e. The summed E-state index contributed by atoms with van der Waals surface area (Å²) >= 11 is 0. The molecule has 4 rings (SSSR count). The number of aryl methyl sites for hydroxylation is 2. The molecule has 0 aliphatic heterocycles. The minimum atomic E-state index is -0.468. The van der Waals surface area contributed by atoms with Crippen LogP contribution in [0.5, 0.6) is 11.5 Å². The highest BCUT2D eigenvalue weighted by Gasteiger charge is 2.06. The van der Waals surface area contributed by atoms with E-state index in [4.69, 9.17) is 9.47 Å². The normalized spacial score (nSPS) is 10.4. The van der Waals surface area contributed by atoms with E-state index < -0.39 is 11.9 Å². The molecule has 0 heterocycles. The zero-order chi connectivity index (χ0) is 26.2. The van der Waals surface area contributed by atoms with Crippen molar-refractivity contribution in [3.63, 3.8) is 0 Å². The molecule has 4 nitrogen and oxygen atoms in total. The van der Waals surface area contributed by atoms with Crippen molar-refractivity contribution in [1.29, 1.82) is 0 Å². The molecule has 0 saturated carbocycles. The summed E-state index contributed by atoms with van der Waals surface area (Å²) in [6.45, 7) is 8.63. The van der Waals surface area contributed by atoms with Crippen LogP contribution in [0.4, 0.5) is 0 Å². The monoisotopic (exact) mass is 488 g/mol. The van der Waals surface area contributed by atoms with Crippen LogP contribution < -0.4 is 9.47 Å². The lowest BCUT2D eigenvalue weighted by Gasteiger charge is -2.08. The van der Waals surface area contributed by atoms with E-state index in [1.54, 1.807) is 31.2 Å². The number of esters is 2. The number of carbonyl (C=O) groups is 2. The van der Waals surface area contributed by atoms with Gasteiger partial charge >= 0.3 is 11.9 Å². The van der Waals surface area contributed by atoms with E-state index in [1.165, 1.54) is 11.1 Å². The van der Waals surface area contributed by atoms with Crippen molar-refractivity contribution in [3.05, 3.63) is 133 Å². The molecule has 0 radical (unpaired) electrons. The molecular formula is C33H28O4. The molecule has 0 aliphatic rings. The predicted octanol–water partition coefficient (Wildman–Crippen LogP) is 7.38. The second-order valence-corrected chi connectivity index (χ2v) is 8.74. The Balaban J connectivity index is 1.32. The molecule has 4 aromatic rings. The third kappa shape index (κ3) is 6.92. The zero-order valence-electron chi connectivity index (χ0n) is 20.8. The van der Waals surface area contributed by atoms with Gasteiger partial charge in [-0.3, -0.25) is 0 Å². The first kappa shape index (κ1) is 25.4. The van der Waals surface area contributed by atoms with Gasteiger partial charge in [0.2, 0.25) is 0 Å². The molecule has 4 aromatic carbocycles. The van der Waals surface area contributed by atoms with Crippen LogP contribution >= 0.6 is 0 Å².